The lowest BCUT2D eigenvalue weighted by Gasteiger charge is -2.47. The van der Waals surface area contributed by atoms with Crippen LogP contribution in [-0.2, 0) is 11.3 Å². The Morgan fingerprint density at radius 3 is 2.55 bits per heavy atom. The highest BCUT2D eigenvalue weighted by Gasteiger charge is 2.43. The van der Waals surface area contributed by atoms with Crippen LogP contribution >= 0.6 is 0 Å². The maximum absolute atomic E-state index is 10.9. The van der Waals surface area contributed by atoms with Gasteiger partial charge in [0.1, 0.15) is 6.61 Å². The molecule has 4 rings (SSSR count). The van der Waals surface area contributed by atoms with E-state index in [0.29, 0.717) is 41.8 Å². The topological polar surface area (TPSA) is 67.8 Å². The quantitative estimate of drug-likeness (QED) is 0.655. The Balaban J connectivity index is 1.52. The summed E-state index contributed by atoms with van der Waals surface area (Å²) in [6.45, 7) is 7.93. The zero-order valence-corrected chi connectivity index (χ0v) is 18.5. The summed E-state index contributed by atoms with van der Waals surface area (Å²) in [7, 11) is 1.63. The highest BCUT2D eigenvalue weighted by molar-refractivity contribution is 5.85. The second-order valence-electron chi connectivity index (χ2n) is 8.76. The number of aromatic carboxylic acids is 1. The van der Waals surface area contributed by atoms with E-state index in [4.69, 9.17) is 14.2 Å². The van der Waals surface area contributed by atoms with Crippen LogP contribution < -0.4 is 14.6 Å². The van der Waals surface area contributed by atoms with Gasteiger partial charge in [0.15, 0.2) is 11.5 Å². The molecule has 2 aromatic rings. The van der Waals surface area contributed by atoms with Crippen molar-refractivity contribution in [1.29, 1.82) is 0 Å². The van der Waals surface area contributed by atoms with E-state index in [-0.39, 0.29) is 11.7 Å². The van der Waals surface area contributed by atoms with Crippen molar-refractivity contribution >= 4 is 5.97 Å². The summed E-state index contributed by atoms with van der Waals surface area (Å²) in [5, 5.41) is 10.9. The van der Waals surface area contributed by atoms with E-state index in [0.717, 1.165) is 17.7 Å². The Morgan fingerprint density at radius 2 is 1.87 bits per heavy atom. The molecule has 1 saturated heterocycles. The number of fused-ring (bicyclic) bond motifs is 2. The van der Waals surface area contributed by atoms with Gasteiger partial charge in [-0.2, -0.15) is 0 Å². The molecular formula is C26H29O5-. The summed E-state index contributed by atoms with van der Waals surface area (Å²) in [4.78, 5) is 10.9. The third-order valence-electron chi connectivity index (χ3n) is 6.86. The zero-order valence-electron chi connectivity index (χ0n) is 18.5. The summed E-state index contributed by atoms with van der Waals surface area (Å²) in [5.74, 6) is 2.18. The van der Waals surface area contributed by atoms with Gasteiger partial charge >= 0.3 is 0 Å². The van der Waals surface area contributed by atoms with Crippen LogP contribution in [0.1, 0.15) is 48.4 Å². The highest BCUT2D eigenvalue weighted by Crippen LogP contribution is 2.50. The SMILES string of the molecule is COc1cc([C@H]2OC[C@@H]3[C@H](C)[C@H]2C(C)=C[C@H]3C)ccc1OCc1ccc(C(=O)[O-])cc1. The first-order valence-corrected chi connectivity index (χ1v) is 10.8. The van der Waals surface area contributed by atoms with Crippen molar-refractivity contribution in [2.75, 3.05) is 13.7 Å². The monoisotopic (exact) mass is 421 g/mol. The lowest BCUT2D eigenvalue weighted by molar-refractivity contribution is -0.255. The molecule has 31 heavy (non-hydrogen) atoms. The number of hydrogen-bond donors (Lipinski definition) is 0. The van der Waals surface area contributed by atoms with Gasteiger partial charge in [-0.05, 0) is 53.5 Å². The van der Waals surface area contributed by atoms with Gasteiger partial charge in [0.25, 0.3) is 0 Å². The van der Waals surface area contributed by atoms with Gasteiger partial charge in [0, 0.05) is 5.92 Å². The van der Waals surface area contributed by atoms with E-state index < -0.39 is 5.97 Å². The standard InChI is InChI=1S/C26H30O5/c1-15-11-16(2)24-17(3)21(15)14-31-25(24)20-9-10-22(23(12-20)29-4)30-13-18-5-7-19(8-6-18)26(27)28/h5-12,15,17,21,24-25H,13-14H2,1-4H3,(H,27,28)/p-1/t15-,17+,21+,24-,25-/m1/s1. The number of carbonyl (C=O) groups excluding carboxylic acids is 1. The zero-order chi connectivity index (χ0) is 22.1. The van der Waals surface area contributed by atoms with Crippen LogP contribution in [0.4, 0.5) is 0 Å². The molecule has 0 unspecified atom stereocenters. The molecule has 0 aromatic heterocycles. The molecular weight excluding hydrogens is 392 g/mol. The lowest BCUT2D eigenvalue weighted by atomic mass is 9.64. The van der Waals surface area contributed by atoms with E-state index >= 15 is 0 Å². The fraction of sp³-hybridized carbons (Fsp3) is 0.423. The predicted octanol–water partition coefficient (Wildman–Crippen LogP) is 4.17. The molecule has 5 atom stereocenters. The van der Waals surface area contributed by atoms with E-state index in [2.05, 4.69) is 32.9 Å². The van der Waals surface area contributed by atoms with E-state index in [1.165, 1.54) is 17.7 Å². The predicted molar refractivity (Wildman–Crippen MR) is 116 cm³/mol. The van der Waals surface area contributed by atoms with Crippen molar-refractivity contribution in [3.8, 4) is 11.5 Å². The molecule has 1 heterocycles. The van der Waals surface area contributed by atoms with Gasteiger partial charge in [-0.25, -0.2) is 0 Å². The Kier molecular flexibility index (Phi) is 6.05. The molecule has 5 nitrogen and oxygen atoms in total. The molecule has 0 saturated carbocycles. The Bertz CT molecular complexity index is 978. The average molecular weight is 422 g/mol. The number of rotatable bonds is 6. The molecule has 0 N–H and O–H groups in total. The van der Waals surface area contributed by atoms with Crippen LogP contribution in [0.3, 0.4) is 0 Å². The van der Waals surface area contributed by atoms with Crippen LogP contribution in [0.15, 0.2) is 54.1 Å². The number of methoxy groups -OCH3 is 1. The van der Waals surface area contributed by atoms with Gasteiger partial charge in [-0.3, -0.25) is 0 Å². The third-order valence-corrected chi connectivity index (χ3v) is 6.86. The molecule has 2 bridgehead atoms. The number of carboxylic acid groups (broad SMARTS) is 1. The van der Waals surface area contributed by atoms with Crippen molar-refractivity contribution in [3.05, 3.63) is 70.8 Å². The summed E-state index contributed by atoms with van der Waals surface area (Å²) in [5.41, 5.74) is 3.51. The minimum Gasteiger partial charge on any atom is -0.545 e. The van der Waals surface area contributed by atoms with Gasteiger partial charge in [-0.15, -0.1) is 0 Å². The molecule has 1 fully saturated rings. The first kappa shape index (κ1) is 21.4. The van der Waals surface area contributed by atoms with Crippen LogP contribution in [0, 0.1) is 23.7 Å². The van der Waals surface area contributed by atoms with Crippen LogP contribution in [0.2, 0.25) is 0 Å². The summed E-state index contributed by atoms with van der Waals surface area (Å²) >= 11 is 0. The van der Waals surface area contributed by atoms with Crippen LogP contribution in [0.5, 0.6) is 11.5 Å². The van der Waals surface area contributed by atoms with Crippen molar-refractivity contribution < 1.29 is 24.1 Å². The van der Waals surface area contributed by atoms with Crippen molar-refractivity contribution in [2.24, 2.45) is 23.7 Å². The smallest absolute Gasteiger partial charge is 0.161 e. The van der Waals surface area contributed by atoms with Crippen LogP contribution in [-0.4, -0.2) is 19.7 Å². The lowest BCUT2D eigenvalue weighted by Crippen LogP contribution is -2.42. The van der Waals surface area contributed by atoms with E-state index in [1.54, 1.807) is 19.2 Å². The average Bonchev–Trinajstić information content (AvgIpc) is 2.76. The molecule has 2 aliphatic rings. The van der Waals surface area contributed by atoms with Crippen molar-refractivity contribution in [1.82, 2.24) is 0 Å². The second-order valence-corrected chi connectivity index (χ2v) is 8.76. The largest absolute Gasteiger partial charge is 0.545 e. The molecule has 5 heteroatoms. The molecule has 2 aromatic carbocycles. The van der Waals surface area contributed by atoms with Crippen molar-refractivity contribution in [3.63, 3.8) is 0 Å². The fourth-order valence-electron chi connectivity index (χ4n) is 5.13. The van der Waals surface area contributed by atoms with Gasteiger partial charge in [0.05, 0.1) is 25.8 Å². The number of allylic oxidation sites excluding steroid dienone is 1. The van der Waals surface area contributed by atoms with Crippen molar-refractivity contribution in [2.45, 2.75) is 33.5 Å². The number of ether oxygens (including phenoxy) is 3. The fourth-order valence-corrected chi connectivity index (χ4v) is 5.13. The van der Waals surface area contributed by atoms with Gasteiger partial charge in [0.2, 0.25) is 0 Å². The highest BCUT2D eigenvalue weighted by atomic mass is 16.5. The van der Waals surface area contributed by atoms with Gasteiger partial charge < -0.3 is 24.1 Å². The Morgan fingerprint density at radius 1 is 1.13 bits per heavy atom. The minimum absolute atomic E-state index is 0.00937. The molecule has 0 amide bonds. The van der Waals surface area contributed by atoms with E-state index in [1.807, 2.05) is 12.1 Å². The normalized spacial score (nSPS) is 27.4. The number of carboxylic acids is 1. The maximum atomic E-state index is 10.9. The van der Waals surface area contributed by atoms with Crippen LogP contribution in [0.25, 0.3) is 0 Å². The first-order valence-electron chi connectivity index (χ1n) is 10.8. The molecule has 0 radical (unpaired) electrons. The summed E-state index contributed by atoms with van der Waals surface area (Å²) < 4.78 is 17.9. The first-order chi connectivity index (χ1) is 14.9. The molecule has 1 aliphatic carbocycles. The Labute approximate surface area is 183 Å². The summed E-state index contributed by atoms with van der Waals surface area (Å²) in [6, 6.07) is 12.5. The Hall–Kier alpha value is -2.79. The summed E-state index contributed by atoms with van der Waals surface area (Å²) in [6.07, 6.45) is 2.42. The molecule has 164 valence electrons. The van der Waals surface area contributed by atoms with E-state index in [9.17, 15) is 9.90 Å². The molecule has 1 aliphatic heterocycles. The third kappa shape index (κ3) is 4.19. The number of hydrogen-bond acceptors (Lipinski definition) is 5. The molecule has 0 spiro atoms. The minimum atomic E-state index is -1.19. The second kappa shape index (κ2) is 8.75. The number of benzene rings is 2. The maximum Gasteiger partial charge on any atom is 0.161 e. The number of carbonyl (C=O) groups is 1. The van der Waals surface area contributed by atoms with Gasteiger partial charge in [-0.1, -0.05) is 55.8 Å².